The number of para-hydroxylation sites is 1. The number of furan rings is 1. The third-order valence-corrected chi connectivity index (χ3v) is 14.2. The first-order chi connectivity index (χ1) is 31.2. The molecule has 0 saturated heterocycles. The Labute approximate surface area is 368 Å². The lowest BCUT2D eigenvalue weighted by Gasteiger charge is -2.11. The van der Waals surface area contributed by atoms with Gasteiger partial charge < -0.3 is 4.42 Å². The number of nitrogens with zero attached hydrogens (tertiary/aromatic N) is 5. The fourth-order valence-corrected chi connectivity index (χ4v) is 11.3. The van der Waals surface area contributed by atoms with E-state index < -0.39 is 0 Å². The van der Waals surface area contributed by atoms with Gasteiger partial charge in [0, 0.05) is 73.5 Å². The van der Waals surface area contributed by atoms with E-state index in [1.54, 1.807) is 11.3 Å². The molecule has 0 bridgehead atoms. The molecule has 13 rings (SSSR count). The largest absolute Gasteiger partial charge is 0.452 e. The van der Waals surface area contributed by atoms with Gasteiger partial charge in [-0.1, -0.05) is 158 Å². The Morgan fingerprint density at radius 3 is 1.71 bits per heavy atom. The van der Waals surface area contributed by atoms with Gasteiger partial charge in [-0.05, 0) is 41.5 Å². The maximum absolute atomic E-state index is 6.58. The molecular weight excluding hydrogens is 811 g/mol. The molecule has 0 aliphatic rings. The maximum atomic E-state index is 6.58. The van der Waals surface area contributed by atoms with Gasteiger partial charge in [0.2, 0.25) is 0 Å². The van der Waals surface area contributed by atoms with Gasteiger partial charge in [0.1, 0.15) is 16.8 Å². The van der Waals surface area contributed by atoms with Gasteiger partial charge in [0.15, 0.2) is 28.9 Å². The zero-order chi connectivity index (χ0) is 41.4. The van der Waals surface area contributed by atoms with E-state index in [0.717, 1.165) is 75.7 Å². The van der Waals surface area contributed by atoms with Crippen molar-refractivity contribution in [2.45, 2.75) is 0 Å². The molecule has 294 valence electrons. The van der Waals surface area contributed by atoms with Gasteiger partial charge >= 0.3 is 0 Å². The summed E-state index contributed by atoms with van der Waals surface area (Å²) in [5.41, 5.74) is 10.0. The molecule has 13 aromatic rings. The highest BCUT2D eigenvalue weighted by Gasteiger charge is 2.23. The summed E-state index contributed by atoms with van der Waals surface area (Å²) in [6, 6.07) is 65.0. The Balaban J connectivity index is 1.01. The molecule has 0 atom stereocenters. The monoisotopic (exact) mass is 841 g/mol. The molecular formula is C55H31N5OS2. The first kappa shape index (κ1) is 35.8. The zero-order valence-electron chi connectivity index (χ0n) is 33.4. The molecule has 0 amide bonds. The van der Waals surface area contributed by atoms with Gasteiger partial charge in [-0.15, -0.1) is 22.7 Å². The third kappa shape index (κ3) is 5.87. The second kappa shape index (κ2) is 14.3. The van der Waals surface area contributed by atoms with E-state index >= 15 is 0 Å². The fraction of sp³-hybridized carbons (Fsp3) is 0. The van der Waals surface area contributed by atoms with Crippen molar-refractivity contribution >= 4 is 85.1 Å². The Bertz CT molecular complexity index is 3930. The van der Waals surface area contributed by atoms with Crippen molar-refractivity contribution in [2.24, 2.45) is 0 Å². The normalized spacial score (nSPS) is 11.8. The van der Waals surface area contributed by atoms with Crippen molar-refractivity contribution in [1.29, 1.82) is 0 Å². The molecule has 0 N–H and O–H groups in total. The lowest BCUT2D eigenvalue weighted by Crippen LogP contribution is -2.00. The summed E-state index contributed by atoms with van der Waals surface area (Å²) in [5, 5.41) is 5.68. The van der Waals surface area contributed by atoms with E-state index in [9.17, 15) is 0 Å². The number of fused-ring (bicyclic) bond motifs is 9. The molecule has 63 heavy (non-hydrogen) atoms. The Kier molecular flexibility index (Phi) is 8.15. The van der Waals surface area contributed by atoms with E-state index in [0.29, 0.717) is 28.9 Å². The number of aromatic nitrogens is 5. The second-order valence-electron chi connectivity index (χ2n) is 15.5. The number of rotatable bonds is 6. The van der Waals surface area contributed by atoms with Crippen LogP contribution >= 0.6 is 22.7 Å². The summed E-state index contributed by atoms with van der Waals surface area (Å²) in [5.74, 6) is 2.49. The Morgan fingerprint density at radius 1 is 0.349 bits per heavy atom. The average molecular weight is 842 g/mol. The average Bonchev–Trinajstić information content (AvgIpc) is 4.06. The third-order valence-electron chi connectivity index (χ3n) is 11.8. The smallest absolute Gasteiger partial charge is 0.180 e. The van der Waals surface area contributed by atoms with Crippen LogP contribution in [0.1, 0.15) is 0 Å². The molecule has 0 saturated carbocycles. The first-order valence-corrected chi connectivity index (χ1v) is 22.4. The first-order valence-electron chi connectivity index (χ1n) is 20.7. The zero-order valence-corrected chi connectivity index (χ0v) is 35.0. The maximum Gasteiger partial charge on any atom is 0.180 e. The number of benzene rings is 8. The van der Waals surface area contributed by atoms with E-state index in [2.05, 4.69) is 121 Å². The molecule has 0 radical (unpaired) electrons. The standard InChI is InChI=1S/C55H31N5OS2/c1-3-15-32(16-4-1)52-56-47-39-22-7-9-28-43(39)61-49(47)48(57-52)42-27-13-25-40-46-41(26-14-30-45(46)63-51(40)42)55-59-53(33-17-5-2-6-18-33)58-54(60-55)35-20-11-19-34(31-35)36-23-12-24-38-37-21-8-10-29-44(37)62-50(36)38/h1-31H. The minimum absolute atomic E-state index is 0.611. The van der Waals surface area contributed by atoms with Gasteiger partial charge in [-0.2, -0.15) is 0 Å². The van der Waals surface area contributed by atoms with Crippen molar-refractivity contribution in [2.75, 3.05) is 0 Å². The molecule has 5 heterocycles. The predicted octanol–water partition coefficient (Wildman–Crippen LogP) is 15.3. The topological polar surface area (TPSA) is 77.6 Å². The van der Waals surface area contributed by atoms with Crippen molar-refractivity contribution in [1.82, 2.24) is 24.9 Å². The summed E-state index contributed by atoms with van der Waals surface area (Å²) < 4.78 is 11.3. The minimum atomic E-state index is 0.611. The highest BCUT2D eigenvalue weighted by molar-refractivity contribution is 7.26. The van der Waals surface area contributed by atoms with Gasteiger partial charge in [-0.25, -0.2) is 24.9 Å². The van der Waals surface area contributed by atoms with Crippen molar-refractivity contribution in [3.05, 3.63) is 188 Å². The molecule has 0 aliphatic heterocycles. The number of thiophene rings is 2. The molecule has 8 heteroatoms. The van der Waals surface area contributed by atoms with Gasteiger partial charge in [0.25, 0.3) is 0 Å². The van der Waals surface area contributed by atoms with Crippen molar-refractivity contribution in [3.63, 3.8) is 0 Å². The van der Waals surface area contributed by atoms with Crippen LogP contribution in [0, 0.1) is 0 Å². The summed E-state index contributed by atoms with van der Waals surface area (Å²) in [6.07, 6.45) is 0. The van der Waals surface area contributed by atoms with E-state index in [1.807, 2.05) is 78.1 Å². The van der Waals surface area contributed by atoms with E-state index in [4.69, 9.17) is 29.3 Å². The van der Waals surface area contributed by atoms with Crippen LogP contribution in [0.2, 0.25) is 0 Å². The molecule has 6 nitrogen and oxygen atoms in total. The SMILES string of the molecule is c1ccc(-c2nc(-c3cccc(-c4cccc5c4sc4ccccc45)c3)nc(-c3cccc4sc5c(-c6nc(-c7ccccc7)nc7c6oc6ccccc67)cccc5c34)n2)cc1. The minimum Gasteiger partial charge on any atom is -0.452 e. The second-order valence-corrected chi connectivity index (χ2v) is 17.6. The van der Waals surface area contributed by atoms with Gasteiger partial charge in [0.05, 0.1) is 0 Å². The molecule has 0 unspecified atom stereocenters. The van der Waals surface area contributed by atoms with Crippen LogP contribution in [0.15, 0.2) is 192 Å². The van der Waals surface area contributed by atoms with E-state index in [1.165, 1.54) is 25.7 Å². The Morgan fingerprint density at radius 2 is 0.889 bits per heavy atom. The van der Waals surface area contributed by atoms with Crippen LogP contribution in [0.4, 0.5) is 0 Å². The molecule has 8 aromatic carbocycles. The highest BCUT2D eigenvalue weighted by atomic mass is 32.1. The Hall–Kier alpha value is -7.91. The van der Waals surface area contributed by atoms with Crippen LogP contribution in [0.25, 0.3) is 130 Å². The summed E-state index contributed by atoms with van der Waals surface area (Å²) in [4.78, 5) is 26.0. The fourth-order valence-electron chi connectivity index (χ4n) is 8.85. The summed E-state index contributed by atoms with van der Waals surface area (Å²) in [6.45, 7) is 0. The molecule has 0 fully saturated rings. The highest BCUT2D eigenvalue weighted by Crippen LogP contribution is 2.46. The van der Waals surface area contributed by atoms with Crippen molar-refractivity contribution < 1.29 is 4.42 Å². The van der Waals surface area contributed by atoms with Crippen LogP contribution in [-0.4, -0.2) is 24.9 Å². The predicted molar refractivity (Wildman–Crippen MR) is 261 cm³/mol. The van der Waals surface area contributed by atoms with E-state index in [-0.39, 0.29) is 0 Å². The van der Waals surface area contributed by atoms with Crippen LogP contribution in [0.5, 0.6) is 0 Å². The number of hydrogen-bond donors (Lipinski definition) is 0. The van der Waals surface area contributed by atoms with Crippen LogP contribution in [-0.2, 0) is 0 Å². The van der Waals surface area contributed by atoms with Crippen LogP contribution in [0.3, 0.4) is 0 Å². The molecule has 5 aromatic heterocycles. The van der Waals surface area contributed by atoms with Crippen molar-refractivity contribution in [3.8, 4) is 67.9 Å². The molecule has 0 aliphatic carbocycles. The quantitative estimate of drug-likeness (QED) is 0.166. The summed E-state index contributed by atoms with van der Waals surface area (Å²) in [7, 11) is 0. The summed E-state index contributed by atoms with van der Waals surface area (Å²) >= 11 is 3.57. The lowest BCUT2D eigenvalue weighted by atomic mass is 10.0. The number of hydrogen-bond acceptors (Lipinski definition) is 8. The van der Waals surface area contributed by atoms with Crippen LogP contribution < -0.4 is 0 Å². The molecule has 0 spiro atoms. The lowest BCUT2D eigenvalue weighted by molar-refractivity contribution is 0.667. The van der Waals surface area contributed by atoms with Gasteiger partial charge in [-0.3, -0.25) is 0 Å².